The molecule has 0 unspecified atom stereocenters. The van der Waals surface area contributed by atoms with Crippen LogP contribution in [0.4, 0.5) is 0 Å². The van der Waals surface area contributed by atoms with Crippen molar-refractivity contribution >= 4 is 23.2 Å². The minimum Gasteiger partial charge on any atom is -0.374 e. The van der Waals surface area contributed by atoms with E-state index in [0.29, 0.717) is 5.02 Å². The van der Waals surface area contributed by atoms with Gasteiger partial charge in [-0.05, 0) is 24.1 Å². The van der Waals surface area contributed by atoms with Crippen molar-refractivity contribution in [3.05, 3.63) is 46.5 Å². The van der Waals surface area contributed by atoms with Gasteiger partial charge in [-0.15, -0.1) is 0 Å². The highest BCUT2D eigenvalue weighted by molar-refractivity contribution is 6.35. The second kappa shape index (κ2) is 7.27. The van der Waals surface area contributed by atoms with Crippen molar-refractivity contribution in [3.8, 4) is 0 Å². The molecule has 6 heteroatoms. The van der Waals surface area contributed by atoms with Gasteiger partial charge in [0.05, 0.1) is 0 Å². The molecular formula is C11H13Cl2N3O. The van der Waals surface area contributed by atoms with Crippen LogP contribution >= 0.6 is 23.2 Å². The summed E-state index contributed by atoms with van der Waals surface area (Å²) >= 11 is 11.5. The number of aliphatic hydroxyl groups is 1. The van der Waals surface area contributed by atoms with Gasteiger partial charge in [0.1, 0.15) is 19.4 Å². The van der Waals surface area contributed by atoms with E-state index < -0.39 is 0 Å². The molecule has 4 nitrogen and oxygen atoms in total. The van der Waals surface area contributed by atoms with Crippen molar-refractivity contribution in [2.24, 2.45) is 0 Å². The number of hydrogen-bond acceptors (Lipinski definition) is 3. The van der Waals surface area contributed by atoms with E-state index in [2.05, 4.69) is 17.0 Å². The molecule has 0 saturated carbocycles. The third kappa shape index (κ3) is 4.73. The molecule has 0 atom stereocenters. The lowest BCUT2D eigenvalue weighted by molar-refractivity contribution is 0.195. The standard InChI is InChI=1S/C8H8Cl2.C3H5N3O/c1-2-6-3-4-7(9)5-8(6)10;7-3-6-2-4-1-5-6/h3-5H,2H2,1H3;1-2,7H,3H2. The molecule has 1 N–H and O–H groups in total. The van der Waals surface area contributed by atoms with E-state index in [0.717, 1.165) is 17.0 Å². The topological polar surface area (TPSA) is 50.9 Å². The summed E-state index contributed by atoms with van der Waals surface area (Å²) in [6.45, 7) is 1.97. The smallest absolute Gasteiger partial charge is 0.137 e. The third-order valence-corrected chi connectivity index (χ3v) is 2.59. The highest BCUT2D eigenvalue weighted by Gasteiger charge is 1.96. The van der Waals surface area contributed by atoms with E-state index in [1.165, 1.54) is 17.3 Å². The van der Waals surface area contributed by atoms with Crippen molar-refractivity contribution < 1.29 is 5.11 Å². The van der Waals surface area contributed by atoms with E-state index in [4.69, 9.17) is 28.3 Å². The van der Waals surface area contributed by atoms with Gasteiger partial charge in [0, 0.05) is 10.0 Å². The van der Waals surface area contributed by atoms with Crippen LogP contribution in [0.3, 0.4) is 0 Å². The van der Waals surface area contributed by atoms with Crippen LogP contribution in [0.2, 0.25) is 10.0 Å². The molecule has 0 aliphatic heterocycles. The highest BCUT2D eigenvalue weighted by Crippen LogP contribution is 2.20. The Hall–Kier alpha value is -1.10. The van der Waals surface area contributed by atoms with Gasteiger partial charge in [-0.2, -0.15) is 5.10 Å². The Morgan fingerprint density at radius 2 is 2.12 bits per heavy atom. The number of aromatic nitrogens is 3. The average Bonchev–Trinajstić information content (AvgIpc) is 2.83. The molecule has 2 rings (SSSR count). The van der Waals surface area contributed by atoms with Crippen LogP contribution in [-0.4, -0.2) is 19.9 Å². The molecule has 17 heavy (non-hydrogen) atoms. The molecule has 0 saturated heterocycles. The second-order valence-electron chi connectivity index (χ2n) is 3.17. The zero-order chi connectivity index (χ0) is 12.7. The highest BCUT2D eigenvalue weighted by atomic mass is 35.5. The number of halogens is 2. The summed E-state index contributed by atoms with van der Waals surface area (Å²) in [6, 6.07) is 5.57. The molecule has 0 aliphatic rings. The maximum atomic E-state index is 8.29. The molecule has 2 aromatic rings. The summed E-state index contributed by atoms with van der Waals surface area (Å²) in [5.74, 6) is 0. The molecule has 0 radical (unpaired) electrons. The number of hydrogen-bond donors (Lipinski definition) is 1. The normalized spacial score (nSPS) is 9.65. The Labute approximate surface area is 110 Å². The van der Waals surface area contributed by atoms with Gasteiger partial charge in [-0.25, -0.2) is 9.67 Å². The molecule has 0 bridgehead atoms. The summed E-state index contributed by atoms with van der Waals surface area (Å²) in [4.78, 5) is 3.58. The summed E-state index contributed by atoms with van der Waals surface area (Å²) in [6.07, 6.45) is 3.77. The largest absolute Gasteiger partial charge is 0.374 e. The van der Waals surface area contributed by atoms with Gasteiger partial charge >= 0.3 is 0 Å². The molecule has 1 aromatic heterocycles. The van der Waals surface area contributed by atoms with Gasteiger partial charge in [-0.3, -0.25) is 0 Å². The van der Waals surface area contributed by atoms with E-state index >= 15 is 0 Å². The van der Waals surface area contributed by atoms with Gasteiger partial charge in [0.15, 0.2) is 0 Å². The molecule has 0 fully saturated rings. The van der Waals surface area contributed by atoms with Crippen molar-refractivity contribution in [3.63, 3.8) is 0 Å². The van der Waals surface area contributed by atoms with Gasteiger partial charge in [0.2, 0.25) is 0 Å². The summed E-state index contributed by atoms with van der Waals surface area (Å²) in [5.41, 5.74) is 1.14. The monoisotopic (exact) mass is 273 g/mol. The fraction of sp³-hybridized carbons (Fsp3) is 0.273. The molecule has 92 valence electrons. The fourth-order valence-corrected chi connectivity index (χ4v) is 1.66. The Morgan fingerprint density at radius 3 is 2.53 bits per heavy atom. The van der Waals surface area contributed by atoms with Gasteiger partial charge in [-0.1, -0.05) is 36.2 Å². The van der Waals surface area contributed by atoms with Crippen LogP contribution in [-0.2, 0) is 13.2 Å². The lowest BCUT2D eigenvalue weighted by Gasteiger charge is -1.98. The first-order chi connectivity index (χ1) is 8.17. The average molecular weight is 274 g/mol. The number of benzene rings is 1. The lowest BCUT2D eigenvalue weighted by atomic mass is 10.2. The Balaban J connectivity index is 0.000000181. The van der Waals surface area contributed by atoms with Gasteiger partial charge < -0.3 is 5.11 Å². The minimum absolute atomic E-state index is 0.0972. The zero-order valence-electron chi connectivity index (χ0n) is 9.35. The van der Waals surface area contributed by atoms with Crippen LogP contribution in [0.1, 0.15) is 12.5 Å². The number of aliphatic hydroxyl groups excluding tert-OH is 1. The Morgan fingerprint density at radius 1 is 1.35 bits per heavy atom. The first-order valence-corrected chi connectivity index (χ1v) is 5.80. The van der Waals surface area contributed by atoms with Crippen molar-refractivity contribution in [2.45, 2.75) is 20.1 Å². The molecule has 0 amide bonds. The van der Waals surface area contributed by atoms with E-state index in [1.54, 1.807) is 6.07 Å². The Kier molecular flexibility index (Phi) is 5.97. The first-order valence-electron chi connectivity index (χ1n) is 5.04. The molecule has 0 aliphatic carbocycles. The summed E-state index contributed by atoms with van der Waals surface area (Å²) in [7, 11) is 0. The summed E-state index contributed by atoms with van der Waals surface area (Å²) in [5, 5.41) is 13.3. The van der Waals surface area contributed by atoms with E-state index in [-0.39, 0.29) is 6.73 Å². The summed E-state index contributed by atoms with van der Waals surface area (Å²) < 4.78 is 1.32. The number of nitrogens with zero attached hydrogens (tertiary/aromatic N) is 3. The van der Waals surface area contributed by atoms with Crippen molar-refractivity contribution in [2.75, 3.05) is 0 Å². The lowest BCUT2D eigenvalue weighted by Crippen LogP contribution is -1.94. The van der Waals surface area contributed by atoms with Crippen molar-refractivity contribution in [1.82, 2.24) is 14.8 Å². The maximum Gasteiger partial charge on any atom is 0.137 e. The number of aryl methyl sites for hydroxylation is 1. The molecule has 0 spiro atoms. The Bertz CT molecular complexity index is 446. The maximum absolute atomic E-state index is 8.29. The fourth-order valence-electron chi connectivity index (χ4n) is 1.11. The van der Waals surface area contributed by atoms with Crippen LogP contribution < -0.4 is 0 Å². The van der Waals surface area contributed by atoms with Crippen molar-refractivity contribution in [1.29, 1.82) is 0 Å². The first kappa shape index (κ1) is 14.0. The third-order valence-electron chi connectivity index (χ3n) is 2.01. The predicted molar refractivity (Wildman–Crippen MR) is 68.1 cm³/mol. The molecular weight excluding hydrogens is 261 g/mol. The number of rotatable bonds is 2. The quantitative estimate of drug-likeness (QED) is 0.916. The van der Waals surface area contributed by atoms with Crippen LogP contribution in [0.25, 0.3) is 0 Å². The van der Waals surface area contributed by atoms with E-state index in [1.807, 2.05) is 12.1 Å². The second-order valence-corrected chi connectivity index (χ2v) is 4.01. The van der Waals surface area contributed by atoms with E-state index in [9.17, 15) is 0 Å². The van der Waals surface area contributed by atoms with Gasteiger partial charge in [0.25, 0.3) is 0 Å². The van der Waals surface area contributed by atoms with Crippen LogP contribution in [0, 0.1) is 0 Å². The molecule has 1 heterocycles. The molecule has 1 aromatic carbocycles. The minimum atomic E-state index is -0.0972. The van der Waals surface area contributed by atoms with Crippen LogP contribution in [0.15, 0.2) is 30.9 Å². The SMILES string of the molecule is CCc1ccc(Cl)cc1Cl.OCn1cncn1. The zero-order valence-corrected chi connectivity index (χ0v) is 10.9. The predicted octanol–water partition coefficient (Wildman–Crippen LogP) is 2.78. The van der Waals surface area contributed by atoms with Crippen LogP contribution in [0.5, 0.6) is 0 Å².